The van der Waals surface area contributed by atoms with Crippen LogP contribution in [0, 0.1) is 0 Å². The van der Waals surface area contributed by atoms with Crippen LogP contribution in [0.5, 0.6) is 0 Å². The minimum Gasteiger partial charge on any atom is -0.347 e. The van der Waals surface area contributed by atoms with Crippen molar-refractivity contribution in [1.82, 2.24) is 20.9 Å². The number of nitrogens with zero attached hydrogens (tertiary/aromatic N) is 1. The molecule has 5 unspecified atom stereocenters. The standard InChI is InChI=1S/C24H34N4O3S/c1-15(25-2)22(29)27-19-13-14-32-21-12-6-11-20(28(21)24(19)31)23(30)26-18-10-5-8-16-7-3-4-9-17(16)18/h3-4,7,9,15,18-21,25H,5-6,8,10-14H2,1-2H3,(H,26,30)(H,27,29). The Labute approximate surface area is 194 Å². The molecule has 1 aliphatic carbocycles. The monoisotopic (exact) mass is 458 g/mol. The van der Waals surface area contributed by atoms with Crippen molar-refractivity contribution in [3.8, 4) is 0 Å². The minimum atomic E-state index is -0.584. The van der Waals surface area contributed by atoms with Gasteiger partial charge in [0.2, 0.25) is 17.7 Å². The summed E-state index contributed by atoms with van der Waals surface area (Å²) < 4.78 is 0. The SMILES string of the molecule is CNC(C)C(=O)NC1CCSC2CCCC(C(=O)NC3CCCc4ccccc43)N2C1=O. The molecular formula is C24H34N4O3S. The lowest BCUT2D eigenvalue weighted by atomic mass is 9.87. The second-order valence-corrected chi connectivity index (χ2v) is 10.3. The van der Waals surface area contributed by atoms with Gasteiger partial charge in [0, 0.05) is 0 Å². The molecule has 2 heterocycles. The molecule has 1 aromatic rings. The van der Waals surface area contributed by atoms with Gasteiger partial charge in [-0.15, -0.1) is 11.8 Å². The van der Waals surface area contributed by atoms with E-state index < -0.39 is 12.1 Å². The Morgan fingerprint density at radius 2 is 1.88 bits per heavy atom. The van der Waals surface area contributed by atoms with E-state index >= 15 is 0 Å². The summed E-state index contributed by atoms with van der Waals surface area (Å²) in [4.78, 5) is 41.2. The highest BCUT2D eigenvalue weighted by Crippen LogP contribution is 2.35. The van der Waals surface area contributed by atoms with E-state index in [0.717, 1.165) is 37.9 Å². The predicted octanol–water partition coefficient (Wildman–Crippen LogP) is 2.12. The first-order valence-corrected chi connectivity index (χ1v) is 12.8. The van der Waals surface area contributed by atoms with E-state index in [0.29, 0.717) is 12.8 Å². The average Bonchev–Trinajstić information content (AvgIpc) is 2.97. The van der Waals surface area contributed by atoms with E-state index in [1.807, 2.05) is 12.1 Å². The van der Waals surface area contributed by atoms with E-state index in [1.54, 1.807) is 30.6 Å². The highest BCUT2D eigenvalue weighted by Gasteiger charge is 2.43. The highest BCUT2D eigenvalue weighted by atomic mass is 32.2. The maximum absolute atomic E-state index is 13.5. The molecule has 2 saturated heterocycles. The number of benzene rings is 1. The van der Waals surface area contributed by atoms with E-state index in [-0.39, 0.29) is 35.2 Å². The molecule has 0 bridgehead atoms. The zero-order valence-electron chi connectivity index (χ0n) is 18.9. The number of carbonyl (C=O) groups excluding carboxylic acids is 3. The fourth-order valence-electron chi connectivity index (χ4n) is 5.04. The van der Waals surface area contributed by atoms with Gasteiger partial charge in [-0.1, -0.05) is 24.3 Å². The maximum Gasteiger partial charge on any atom is 0.246 e. The first-order chi connectivity index (χ1) is 15.5. The molecule has 5 atom stereocenters. The minimum absolute atomic E-state index is 0.00506. The number of carbonyl (C=O) groups is 3. The average molecular weight is 459 g/mol. The smallest absolute Gasteiger partial charge is 0.246 e. The summed E-state index contributed by atoms with van der Waals surface area (Å²) in [6.07, 6.45) is 6.07. The van der Waals surface area contributed by atoms with Crippen molar-refractivity contribution < 1.29 is 14.4 Å². The van der Waals surface area contributed by atoms with Crippen LogP contribution < -0.4 is 16.0 Å². The lowest BCUT2D eigenvalue weighted by Crippen LogP contribution is -2.60. The van der Waals surface area contributed by atoms with Crippen molar-refractivity contribution in [2.24, 2.45) is 0 Å². The summed E-state index contributed by atoms with van der Waals surface area (Å²) in [5.41, 5.74) is 2.50. The Morgan fingerprint density at radius 1 is 1.06 bits per heavy atom. The van der Waals surface area contributed by atoms with Gasteiger partial charge in [0.1, 0.15) is 12.1 Å². The van der Waals surface area contributed by atoms with Crippen molar-refractivity contribution in [3.63, 3.8) is 0 Å². The van der Waals surface area contributed by atoms with Gasteiger partial charge in [-0.05, 0) is 75.8 Å². The summed E-state index contributed by atoms with van der Waals surface area (Å²) in [5.74, 6) is 0.406. The Kier molecular flexibility index (Phi) is 7.40. The summed E-state index contributed by atoms with van der Waals surface area (Å²) in [5, 5.41) is 9.08. The largest absolute Gasteiger partial charge is 0.347 e. The van der Waals surface area contributed by atoms with E-state index in [9.17, 15) is 14.4 Å². The van der Waals surface area contributed by atoms with Crippen molar-refractivity contribution >= 4 is 29.5 Å². The maximum atomic E-state index is 13.5. The van der Waals surface area contributed by atoms with Crippen LogP contribution in [0.15, 0.2) is 24.3 Å². The molecule has 0 radical (unpaired) electrons. The van der Waals surface area contributed by atoms with E-state index in [4.69, 9.17) is 0 Å². The zero-order chi connectivity index (χ0) is 22.7. The third-order valence-electron chi connectivity index (χ3n) is 6.98. The third kappa shape index (κ3) is 4.81. The molecule has 32 heavy (non-hydrogen) atoms. The van der Waals surface area contributed by atoms with Crippen LogP contribution in [0.4, 0.5) is 0 Å². The molecule has 4 rings (SSSR count). The lowest BCUT2D eigenvalue weighted by Gasteiger charge is -2.41. The Hall–Kier alpha value is -2.06. The number of piperidine rings is 1. The fourth-order valence-corrected chi connectivity index (χ4v) is 6.43. The molecule has 3 aliphatic rings. The molecule has 0 aromatic heterocycles. The molecule has 1 aromatic carbocycles. The van der Waals surface area contributed by atoms with Crippen molar-refractivity contribution in [3.05, 3.63) is 35.4 Å². The van der Waals surface area contributed by atoms with Gasteiger partial charge in [-0.25, -0.2) is 0 Å². The van der Waals surface area contributed by atoms with Crippen molar-refractivity contribution in [1.29, 1.82) is 0 Å². The van der Waals surface area contributed by atoms with Crippen molar-refractivity contribution in [2.75, 3.05) is 12.8 Å². The second-order valence-electron chi connectivity index (χ2n) is 9.03. The zero-order valence-corrected chi connectivity index (χ0v) is 19.7. The first kappa shape index (κ1) is 23.1. The van der Waals surface area contributed by atoms with Crippen LogP contribution in [-0.2, 0) is 20.8 Å². The molecule has 3 N–H and O–H groups in total. The van der Waals surface area contributed by atoms with Gasteiger partial charge < -0.3 is 20.9 Å². The van der Waals surface area contributed by atoms with Crippen LogP contribution in [0.2, 0.25) is 0 Å². The number of amides is 3. The van der Waals surface area contributed by atoms with Crippen LogP contribution in [0.25, 0.3) is 0 Å². The fraction of sp³-hybridized carbons (Fsp3) is 0.625. The molecule has 7 nitrogen and oxygen atoms in total. The van der Waals surface area contributed by atoms with Crippen LogP contribution in [0.3, 0.4) is 0 Å². The lowest BCUT2D eigenvalue weighted by molar-refractivity contribution is -0.146. The number of hydrogen-bond donors (Lipinski definition) is 3. The van der Waals surface area contributed by atoms with Gasteiger partial charge in [-0.2, -0.15) is 0 Å². The van der Waals surface area contributed by atoms with Crippen molar-refractivity contribution in [2.45, 2.75) is 81.4 Å². The highest BCUT2D eigenvalue weighted by molar-refractivity contribution is 7.99. The number of hydrogen-bond acceptors (Lipinski definition) is 5. The number of likely N-dealkylation sites (N-methyl/N-ethyl adjacent to an activating group) is 1. The molecule has 8 heteroatoms. The van der Waals surface area contributed by atoms with E-state index in [1.165, 1.54) is 11.1 Å². The van der Waals surface area contributed by atoms with Gasteiger partial charge in [-0.3, -0.25) is 14.4 Å². The Bertz CT molecular complexity index is 863. The summed E-state index contributed by atoms with van der Waals surface area (Å²) in [7, 11) is 1.72. The molecule has 174 valence electrons. The Balaban J connectivity index is 1.50. The number of aryl methyl sites for hydroxylation is 1. The molecule has 0 saturated carbocycles. The predicted molar refractivity (Wildman–Crippen MR) is 126 cm³/mol. The van der Waals surface area contributed by atoms with Gasteiger partial charge >= 0.3 is 0 Å². The van der Waals surface area contributed by atoms with Gasteiger partial charge in [0.25, 0.3) is 0 Å². The first-order valence-electron chi connectivity index (χ1n) is 11.8. The summed E-state index contributed by atoms with van der Waals surface area (Å²) >= 11 is 1.73. The Morgan fingerprint density at radius 3 is 2.69 bits per heavy atom. The third-order valence-corrected chi connectivity index (χ3v) is 8.29. The molecule has 2 aliphatic heterocycles. The van der Waals surface area contributed by atoms with Gasteiger partial charge in [0.15, 0.2) is 0 Å². The number of thioether (sulfide) groups is 1. The second kappa shape index (κ2) is 10.3. The summed E-state index contributed by atoms with van der Waals surface area (Å²) in [6, 6.07) is 6.86. The molecule has 2 fully saturated rings. The molecular weight excluding hydrogens is 424 g/mol. The van der Waals surface area contributed by atoms with Gasteiger partial charge in [0.05, 0.1) is 17.5 Å². The number of nitrogens with one attached hydrogen (secondary N) is 3. The normalized spacial score (nSPS) is 28.7. The molecule has 0 spiro atoms. The number of fused-ring (bicyclic) bond motifs is 2. The van der Waals surface area contributed by atoms with Crippen LogP contribution in [0.1, 0.15) is 62.6 Å². The van der Waals surface area contributed by atoms with Crippen LogP contribution >= 0.6 is 11.8 Å². The van der Waals surface area contributed by atoms with E-state index in [2.05, 4.69) is 28.1 Å². The topological polar surface area (TPSA) is 90.5 Å². The summed E-state index contributed by atoms with van der Waals surface area (Å²) in [6.45, 7) is 1.77. The number of rotatable bonds is 5. The quantitative estimate of drug-likeness (QED) is 0.629. The van der Waals surface area contributed by atoms with Crippen LogP contribution in [-0.4, -0.2) is 58.9 Å². The molecule has 3 amide bonds.